The van der Waals surface area contributed by atoms with Crippen molar-refractivity contribution in [1.29, 1.82) is 0 Å². The molecule has 9 heteroatoms. The third kappa shape index (κ3) is 4.59. The number of nitro benzene ring substituents is 1. The van der Waals surface area contributed by atoms with Gasteiger partial charge in [-0.05, 0) is 25.1 Å². The molecule has 0 radical (unpaired) electrons. The van der Waals surface area contributed by atoms with Crippen molar-refractivity contribution in [3.05, 3.63) is 69.3 Å². The van der Waals surface area contributed by atoms with Gasteiger partial charge in [0.2, 0.25) is 5.91 Å². The lowest BCUT2D eigenvalue weighted by Gasteiger charge is -2.09. The first-order valence-corrected chi connectivity index (χ1v) is 7.56. The summed E-state index contributed by atoms with van der Waals surface area (Å²) in [6, 6.07) is 6.84. The van der Waals surface area contributed by atoms with Crippen LogP contribution in [0.15, 0.2) is 36.4 Å². The molecule has 0 aliphatic heterocycles. The number of nitrogens with one attached hydrogen (secondary N) is 2. The molecule has 2 aromatic carbocycles. The Bertz CT molecular complexity index is 871. The molecule has 2 amide bonds. The summed E-state index contributed by atoms with van der Waals surface area (Å²) in [7, 11) is 0. The summed E-state index contributed by atoms with van der Waals surface area (Å²) in [6.07, 6.45) is -0.128. The predicted octanol–water partition coefficient (Wildman–Crippen LogP) is 2.94. The normalized spacial score (nSPS) is 10.3. The fourth-order valence-electron chi connectivity index (χ4n) is 2.23. The van der Waals surface area contributed by atoms with Crippen LogP contribution in [0.2, 0.25) is 0 Å². The first-order chi connectivity index (χ1) is 12.3. The summed E-state index contributed by atoms with van der Waals surface area (Å²) in [5.74, 6) is -3.06. The van der Waals surface area contributed by atoms with E-state index in [2.05, 4.69) is 10.6 Å². The second kappa shape index (κ2) is 8.15. The zero-order valence-electron chi connectivity index (χ0n) is 13.7. The Morgan fingerprint density at radius 1 is 1.19 bits per heavy atom. The van der Waals surface area contributed by atoms with Crippen LogP contribution in [-0.2, 0) is 4.79 Å². The minimum absolute atomic E-state index is 0.0878. The number of hydrogen-bond donors (Lipinski definition) is 2. The summed E-state index contributed by atoms with van der Waals surface area (Å²) in [6.45, 7) is 1.42. The van der Waals surface area contributed by atoms with Gasteiger partial charge >= 0.3 is 0 Å². The van der Waals surface area contributed by atoms with Crippen molar-refractivity contribution in [2.24, 2.45) is 0 Å². The van der Waals surface area contributed by atoms with Gasteiger partial charge in [0.25, 0.3) is 11.6 Å². The maximum absolute atomic E-state index is 13.5. The van der Waals surface area contributed by atoms with E-state index in [4.69, 9.17) is 0 Å². The predicted molar refractivity (Wildman–Crippen MR) is 89.8 cm³/mol. The van der Waals surface area contributed by atoms with E-state index in [1.807, 2.05) is 0 Å². The van der Waals surface area contributed by atoms with Crippen molar-refractivity contribution < 1.29 is 23.3 Å². The van der Waals surface area contributed by atoms with Gasteiger partial charge in [-0.25, -0.2) is 8.78 Å². The van der Waals surface area contributed by atoms with Gasteiger partial charge < -0.3 is 10.6 Å². The molecule has 2 rings (SSSR count). The molecule has 0 spiro atoms. The Morgan fingerprint density at radius 3 is 2.58 bits per heavy atom. The van der Waals surface area contributed by atoms with Gasteiger partial charge in [-0.3, -0.25) is 19.7 Å². The molecule has 26 heavy (non-hydrogen) atoms. The van der Waals surface area contributed by atoms with E-state index in [1.54, 1.807) is 0 Å². The molecule has 2 N–H and O–H groups in total. The molecule has 0 unspecified atom stereocenters. The first kappa shape index (κ1) is 19.0. The van der Waals surface area contributed by atoms with Gasteiger partial charge in [0.15, 0.2) is 0 Å². The maximum Gasteiger partial charge on any atom is 0.274 e. The molecule has 0 heterocycles. The van der Waals surface area contributed by atoms with Gasteiger partial charge in [0.1, 0.15) is 11.6 Å². The number of amides is 2. The summed E-state index contributed by atoms with van der Waals surface area (Å²) >= 11 is 0. The number of halogens is 2. The van der Waals surface area contributed by atoms with Crippen molar-refractivity contribution in [1.82, 2.24) is 5.32 Å². The second-order valence-corrected chi connectivity index (χ2v) is 5.39. The van der Waals surface area contributed by atoms with Gasteiger partial charge in [-0.1, -0.05) is 6.07 Å². The van der Waals surface area contributed by atoms with Crippen molar-refractivity contribution >= 4 is 23.2 Å². The zero-order valence-corrected chi connectivity index (χ0v) is 13.7. The van der Waals surface area contributed by atoms with Crippen LogP contribution in [0, 0.1) is 28.7 Å². The molecule has 7 nitrogen and oxygen atoms in total. The van der Waals surface area contributed by atoms with E-state index in [-0.39, 0.29) is 24.2 Å². The van der Waals surface area contributed by atoms with Crippen molar-refractivity contribution in [3.63, 3.8) is 0 Å². The lowest BCUT2D eigenvalue weighted by atomic mass is 10.1. The highest BCUT2D eigenvalue weighted by Gasteiger charge is 2.15. The van der Waals surface area contributed by atoms with E-state index < -0.39 is 28.4 Å². The van der Waals surface area contributed by atoms with E-state index in [1.165, 1.54) is 25.1 Å². The lowest BCUT2D eigenvalue weighted by Crippen LogP contribution is -2.28. The van der Waals surface area contributed by atoms with Crippen LogP contribution in [0.1, 0.15) is 22.3 Å². The molecule has 0 fully saturated rings. The quantitative estimate of drug-likeness (QED) is 0.608. The summed E-state index contributed by atoms with van der Waals surface area (Å²) in [5.41, 5.74) is 0.146. The fraction of sp³-hybridized carbons (Fsp3) is 0.176. The summed E-state index contributed by atoms with van der Waals surface area (Å²) in [4.78, 5) is 34.1. The molecule has 0 saturated carbocycles. The Balaban J connectivity index is 1.90. The van der Waals surface area contributed by atoms with Crippen LogP contribution in [-0.4, -0.2) is 23.3 Å². The van der Waals surface area contributed by atoms with E-state index in [0.29, 0.717) is 17.3 Å². The standard InChI is InChI=1S/C17H15F2N3O4/c1-10-14(3-2-4-15(10)22(25)26)21-16(23)7-8-20-17(24)12-6-5-11(18)9-13(12)19/h2-6,9H,7-8H2,1H3,(H,20,24)(H,21,23). The van der Waals surface area contributed by atoms with Crippen LogP contribution in [0.25, 0.3) is 0 Å². The number of benzene rings is 2. The molecule has 0 atom stereocenters. The smallest absolute Gasteiger partial charge is 0.274 e. The highest BCUT2D eigenvalue weighted by Crippen LogP contribution is 2.25. The highest BCUT2D eigenvalue weighted by atomic mass is 19.1. The average Bonchev–Trinajstić information content (AvgIpc) is 2.56. The largest absolute Gasteiger partial charge is 0.351 e. The first-order valence-electron chi connectivity index (χ1n) is 7.56. The van der Waals surface area contributed by atoms with Crippen LogP contribution in [0.5, 0.6) is 0 Å². The molecule has 0 aliphatic carbocycles. The van der Waals surface area contributed by atoms with E-state index in [9.17, 15) is 28.5 Å². The van der Waals surface area contributed by atoms with Gasteiger partial charge in [0.05, 0.1) is 21.7 Å². The van der Waals surface area contributed by atoms with Crippen LogP contribution in [0.4, 0.5) is 20.2 Å². The Kier molecular flexibility index (Phi) is 5.94. The minimum Gasteiger partial charge on any atom is -0.351 e. The molecule has 136 valence electrons. The van der Waals surface area contributed by atoms with Gasteiger partial charge in [-0.15, -0.1) is 0 Å². The molecular weight excluding hydrogens is 348 g/mol. The van der Waals surface area contributed by atoms with Crippen LogP contribution >= 0.6 is 0 Å². The lowest BCUT2D eigenvalue weighted by molar-refractivity contribution is -0.385. The maximum atomic E-state index is 13.5. The molecule has 0 bridgehead atoms. The number of anilines is 1. The highest BCUT2D eigenvalue weighted by molar-refractivity contribution is 5.95. The number of carbonyl (C=O) groups excluding carboxylic acids is 2. The van der Waals surface area contributed by atoms with E-state index >= 15 is 0 Å². The Morgan fingerprint density at radius 2 is 1.92 bits per heavy atom. The molecular formula is C17H15F2N3O4. The SMILES string of the molecule is Cc1c(NC(=O)CCNC(=O)c2ccc(F)cc2F)cccc1[N+](=O)[O-]. The molecule has 0 aromatic heterocycles. The van der Waals surface area contributed by atoms with Gasteiger partial charge in [0, 0.05) is 25.1 Å². The van der Waals surface area contributed by atoms with Crippen molar-refractivity contribution in [3.8, 4) is 0 Å². The Labute approximate surface area is 147 Å². The number of carbonyl (C=O) groups is 2. The molecule has 0 saturated heterocycles. The molecule has 0 aliphatic rings. The monoisotopic (exact) mass is 363 g/mol. The third-order valence-corrected chi connectivity index (χ3v) is 3.59. The van der Waals surface area contributed by atoms with Crippen LogP contribution in [0.3, 0.4) is 0 Å². The topological polar surface area (TPSA) is 101 Å². The third-order valence-electron chi connectivity index (χ3n) is 3.59. The van der Waals surface area contributed by atoms with Gasteiger partial charge in [-0.2, -0.15) is 0 Å². The van der Waals surface area contributed by atoms with Crippen molar-refractivity contribution in [2.75, 3.05) is 11.9 Å². The fourth-order valence-corrected chi connectivity index (χ4v) is 2.23. The Hall–Kier alpha value is -3.36. The number of nitrogens with zero attached hydrogens (tertiary/aromatic N) is 1. The minimum atomic E-state index is -1.00. The number of hydrogen-bond acceptors (Lipinski definition) is 4. The number of nitro groups is 1. The van der Waals surface area contributed by atoms with Crippen molar-refractivity contribution in [2.45, 2.75) is 13.3 Å². The second-order valence-electron chi connectivity index (χ2n) is 5.39. The summed E-state index contributed by atoms with van der Waals surface area (Å²) < 4.78 is 26.3. The molecule has 2 aromatic rings. The number of rotatable bonds is 6. The van der Waals surface area contributed by atoms with E-state index in [0.717, 1.165) is 12.1 Å². The zero-order chi connectivity index (χ0) is 19.3. The average molecular weight is 363 g/mol. The summed E-state index contributed by atoms with van der Waals surface area (Å²) in [5, 5.41) is 15.8. The van der Waals surface area contributed by atoms with Crippen LogP contribution < -0.4 is 10.6 Å².